The van der Waals surface area contributed by atoms with Gasteiger partial charge in [0.25, 0.3) is 0 Å². The summed E-state index contributed by atoms with van der Waals surface area (Å²) in [6, 6.07) is 13.2. The van der Waals surface area contributed by atoms with Gasteiger partial charge in [0, 0.05) is 17.3 Å². The first-order chi connectivity index (χ1) is 18.7. The molecule has 0 aliphatic carbocycles. The standard InChI is InChI=1S/C31H43N3O3S/c1-3-5-7-9-10-11-12-14-21-36-27-17-15-25(16-18-27)30-33-34-31(38-30)32-24-26-23-28(19-20-29(26)35)37-22-13-8-6-4-2/h15-20,23-24,35H,3-14,21-22H2,1-2H3/b32-24+. The largest absolute Gasteiger partial charge is 0.507 e. The van der Waals surface area contributed by atoms with Crippen molar-refractivity contribution in [2.45, 2.75) is 90.9 Å². The van der Waals surface area contributed by atoms with Gasteiger partial charge in [0.15, 0.2) is 0 Å². The molecule has 6 nitrogen and oxygen atoms in total. The van der Waals surface area contributed by atoms with Gasteiger partial charge in [0.1, 0.15) is 22.3 Å². The lowest BCUT2D eigenvalue weighted by molar-refractivity contribution is 0.304. The molecule has 0 aliphatic heterocycles. The monoisotopic (exact) mass is 537 g/mol. The van der Waals surface area contributed by atoms with Crippen LogP contribution in [0.3, 0.4) is 0 Å². The van der Waals surface area contributed by atoms with Gasteiger partial charge in [0.2, 0.25) is 5.13 Å². The first-order valence-corrected chi connectivity index (χ1v) is 15.1. The van der Waals surface area contributed by atoms with Crippen LogP contribution in [0.25, 0.3) is 10.6 Å². The molecule has 0 fully saturated rings. The third kappa shape index (κ3) is 10.8. The molecule has 3 rings (SSSR count). The maximum atomic E-state index is 10.2. The van der Waals surface area contributed by atoms with Gasteiger partial charge in [-0.3, -0.25) is 0 Å². The summed E-state index contributed by atoms with van der Waals surface area (Å²) in [5, 5.41) is 20.0. The van der Waals surface area contributed by atoms with E-state index in [4.69, 9.17) is 9.47 Å². The molecule has 3 aromatic rings. The van der Waals surface area contributed by atoms with Gasteiger partial charge in [-0.05, 0) is 55.3 Å². The number of ether oxygens (including phenoxy) is 2. The fourth-order valence-electron chi connectivity index (χ4n) is 4.07. The van der Waals surface area contributed by atoms with Gasteiger partial charge < -0.3 is 14.6 Å². The van der Waals surface area contributed by atoms with Gasteiger partial charge in [-0.1, -0.05) is 89.4 Å². The molecule has 1 aromatic heterocycles. The van der Waals surface area contributed by atoms with Crippen LogP contribution in [0.1, 0.15) is 96.5 Å². The summed E-state index contributed by atoms with van der Waals surface area (Å²) in [5.74, 6) is 1.75. The summed E-state index contributed by atoms with van der Waals surface area (Å²) in [6.07, 6.45) is 16.6. The van der Waals surface area contributed by atoms with Crippen LogP contribution in [0.15, 0.2) is 47.5 Å². The van der Waals surface area contributed by atoms with E-state index in [1.54, 1.807) is 24.4 Å². The Morgan fingerprint density at radius 1 is 0.737 bits per heavy atom. The van der Waals surface area contributed by atoms with Crippen molar-refractivity contribution in [2.75, 3.05) is 13.2 Å². The second-order valence-electron chi connectivity index (χ2n) is 9.63. The molecule has 1 N–H and O–H groups in total. The number of hydrogen-bond acceptors (Lipinski definition) is 7. The molecule has 0 unspecified atom stereocenters. The Balaban J connectivity index is 1.44. The molecular weight excluding hydrogens is 494 g/mol. The Morgan fingerprint density at radius 2 is 1.32 bits per heavy atom. The molecule has 0 saturated carbocycles. The predicted molar refractivity (Wildman–Crippen MR) is 158 cm³/mol. The predicted octanol–water partition coefficient (Wildman–Crippen LogP) is 9.14. The minimum Gasteiger partial charge on any atom is -0.507 e. The lowest BCUT2D eigenvalue weighted by Gasteiger charge is -2.07. The van der Waals surface area contributed by atoms with E-state index in [2.05, 4.69) is 29.0 Å². The highest BCUT2D eigenvalue weighted by molar-refractivity contribution is 7.18. The van der Waals surface area contributed by atoms with Crippen LogP contribution in [0.5, 0.6) is 17.2 Å². The second kappa shape index (κ2) is 17.6. The van der Waals surface area contributed by atoms with Crippen LogP contribution in [-0.4, -0.2) is 34.7 Å². The molecule has 0 bridgehead atoms. The topological polar surface area (TPSA) is 76.8 Å². The van der Waals surface area contributed by atoms with Crippen LogP contribution in [0.2, 0.25) is 0 Å². The molecule has 0 radical (unpaired) electrons. The van der Waals surface area contributed by atoms with Crippen LogP contribution in [-0.2, 0) is 0 Å². The number of aromatic nitrogens is 2. The van der Waals surface area contributed by atoms with Gasteiger partial charge in [-0.2, -0.15) is 0 Å². The smallest absolute Gasteiger partial charge is 0.231 e. The Kier molecular flexibility index (Phi) is 13.7. The highest BCUT2D eigenvalue weighted by atomic mass is 32.1. The summed E-state index contributed by atoms with van der Waals surface area (Å²) < 4.78 is 11.7. The van der Waals surface area contributed by atoms with E-state index in [-0.39, 0.29) is 5.75 Å². The number of benzene rings is 2. The van der Waals surface area contributed by atoms with E-state index in [0.29, 0.717) is 17.3 Å². The molecule has 0 atom stereocenters. The number of unbranched alkanes of at least 4 members (excludes halogenated alkanes) is 10. The van der Waals surface area contributed by atoms with Crippen molar-refractivity contribution in [3.8, 4) is 27.8 Å². The van der Waals surface area contributed by atoms with Crippen molar-refractivity contribution >= 4 is 22.7 Å². The molecule has 0 aliphatic rings. The van der Waals surface area contributed by atoms with E-state index in [1.165, 1.54) is 69.1 Å². The first-order valence-electron chi connectivity index (χ1n) is 14.3. The molecule has 0 amide bonds. The quantitative estimate of drug-likeness (QED) is 0.122. The summed E-state index contributed by atoms with van der Waals surface area (Å²) in [7, 11) is 0. The molecule has 2 aromatic carbocycles. The first kappa shape index (κ1) is 29.6. The van der Waals surface area contributed by atoms with Crippen molar-refractivity contribution in [3.63, 3.8) is 0 Å². The van der Waals surface area contributed by atoms with Crippen LogP contribution < -0.4 is 9.47 Å². The van der Waals surface area contributed by atoms with Crippen LogP contribution in [0.4, 0.5) is 5.13 Å². The van der Waals surface area contributed by atoms with Crippen molar-refractivity contribution in [3.05, 3.63) is 48.0 Å². The maximum Gasteiger partial charge on any atom is 0.231 e. The molecule has 7 heteroatoms. The lowest BCUT2D eigenvalue weighted by Crippen LogP contribution is -1.97. The second-order valence-corrected chi connectivity index (χ2v) is 10.6. The fourth-order valence-corrected chi connectivity index (χ4v) is 4.77. The number of nitrogens with zero attached hydrogens (tertiary/aromatic N) is 3. The highest BCUT2D eigenvalue weighted by Crippen LogP contribution is 2.30. The number of rotatable bonds is 19. The summed E-state index contributed by atoms with van der Waals surface area (Å²) in [4.78, 5) is 4.43. The van der Waals surface area contributed by atoms with Crippen molar-refractivity contribution < 1.29 is 14.6 Å². The van der Waals surface area contributed by atoms with E-state index < -0.39 is 0 Å². The molecule has 206 valence electrons. The van der Waals surface area contributed by atoms with E-state index in [0.717, 1.165) is 47.9 Å². The average Bonchev–Trinajstić information content (AvgIpc) is 3.41. The van der Waals surface area contributed by atoms with E-state index in [9.17, 15) is 5.11 Å². The Bertz CT molecular complexity index is 1080. The van der Waals surface area contributed by atoms with Crippen LogP contribution in [0, 0.1) is 0 Å². The van der Waals surface area contributed by atoms with Gasteiger partial charge in [-0.15, -0.1) is 10.2 Å². The average molecular weight is 538 g/mol. The van der Waals surface area contributed by atoms with Crippen molar-refractivity contribution in [1.82, 2.24) is 10.2 Å². The molecule has 0 spiro atoms. The Labute approximate surface area is 232 Å². The van der Waals surface area contributed by atoms with Crippen molar-refractivity contribution in [2.24, 2.45) is 4.99 Å². The SMILES string of the molecule is CCCCCCCCCCOc1ccc(-c2nnc(/N=C/c3cc(OCCCCCC)ccc3O)s2)cc1. The number of hydrogen-bond donors (Lipinski definition) is 1. The number of phenols is 1. The van der Waals surface area contributed by atoms with E-state index >= 15 is 0 Å². The summed E-state index contributed by atoms with van der Waals surface area (Å²) in [6.45, 7) is 5.87. The Hall–Kier alpha value is -2.93. The normalized spacial score (nSPS) is 11.3. The zero-order chi connectivity index (χ0) is 26.8. The summed E-state index contributed by atoms with van der Waals surface area (Å²) >= 11 is 1.40. The van der Waals surface area contributed by atoms with Gasteiger partial charge in [-0.25, -0.2) is 4.99 Å². The zero-order valence-corrected chi connectivity index (χ0v) is 23.8. The molecule has 0 saturated heterocycles. The molecule has 38 heavy (non-hydrogen) atoms. The third-order valence-electron chi connectivity index (χ3n) is 6.36. The fraction of sp³-hybridized carbons (Fsp3) is 0.516. The zero-order valence-electron chi connectivity index (χ0n) is 23.0. The molecular formula is C31H43N3O3S. The molecule has 1 heterocycles. The third-order valence-corrected chi connectivity index (χ3v) is 7.24. The van der Waals surface area contributed by atoms with Gasteiger partial charge >= 0.3 is 0 Å². The number of phenolic OH excluding ortho intramolecular Hbond substituents is 1. The van der Waals surface area contributed by atoms with Crippen molar-refractivity contribution in [1.29, 1.82) is 0 Å². The number of aliphatic imine (C=N–C) groups is 1. The van der Waals surface area contributed by atoms with Gasteiger partial charge in [0.05, 0.1) is 13.2 Å². The maximum absolute atomic E-state index is 10.2. The van der Waals surface area contributed by atoms with Crippen LogP contribution >= 0.6 is 11.3 Å². The lowest BCUT2D eigenvalue weighted by atomic mass is 10.1. The number of aromatic hydroxyl groups is 1. The Morgan fingerprint density at radius 3 is 2.00 bits per heavy atom. The minimum atomic E-state index is 0.152. The minimum absolute atomic E-state index is 0.152. The summed E-state index contributed by atoms with van der Waals surface area (Å²) in [5.41, 5.74) is 1.57. The van der Waals surface area contributed by atoms with E-state index in [1.807, 2.05) is 24.3 Å². The highest BCUT2D eigenvalue weighted by Gasteiger charge is 2.07.